The highest BCUT2D eigenvalue weighted by Crippen LogP contribution is 2.27. The Hall–Kier alpha value is -0.900. The number of aryl methyl sites for hydroxylation is 1. The maximum absolute atomic E-state index is 9.77. The van der Waals surface area contributed by atoms with Crippen LogP contribution in [0.3, 0.4) is 0 Å². The molecule has 0 bridgehead atoms. The maximum Gasteiger partial charge on any atom is 0.0541 e. The number of hydrogen-bond acceptors (Lipinski definition) is 3. The lowest BCUT2D eigenvalue weighted by Gasteiger charge is -2.31. The molecule has 0 aliphatic carbocycles. The summed E-state index contributed by atoms with van der Waals surface area (Å²) < 4.78 is 5.63. The molecule has 0 saturated carbocycles. The Balaban J connectivity index is 2.70. The Morgan fingerprint density at radius 3 is 2.37 bits per heavy atom. The van der Waals surface area contributed by atoms with Crippen molar-refractivity contribution in [1.29, 1.82) is 0 Å². The number of hydrogen-bond donors (Lipinski definition) is 2. The van der Waals surface area contributed by atoms with Crippen LogP contribution in [-0.4, -0.2) is 31.5 Å². The van der Waals surface area contributed by atoms with Crippen LogP contribution in [-0.2, 0) is 10.2 Å². The van der Waals surface area contributed by atoms with Crippen molar-refractivity contribution in [3.05, 3.63) is 35.4 Å². The molecular formula is C16H27NO2. The fourth-order valence-electron chi connectivity index (χ4n) is 2.09. The van der Waals surface area contributed by atoms with E-state index in [1.165, 1.54) is 5.56 Å². The fourth-order valence-corrected chi connectivity index (χ4v) is 2.09. The van der Waals surface area contributed by atoms with Crippen molar-refractivity contribution in [2.24, 2.45) is 11.7 Å². The molecule has 0 spiro atoms. The fraction of sp³-hybridized carbons (Fsp3) is 0.625. The Morgan fingerprint density at radius 2 is 1.89 bits per heavy atom. The monoisotopic (exact) mass is 265 g/mol. The van der Waals surface area contributed by atoms with Crippen molar-refractivity contribution in [3.63, 3.8) is 0 Å². The third-order valence-electron chi connectivity index (χ3n) is 3.53. The van der Waals surface area contributed by atoms with Crippen LogP contribution >= 0.6 is 0 Å². The van der Waals surface area contributed by atoms with E-state index >= 15 is 0 Å². The molecule has 3 nitrogen and oxygen atoms in total. The van der Waals surface area contributed by atoms with Gasteiger partial charge in [0.15, 0.2) is 0 Å². The molecule has 0 amide bonds. The summed E-state index contributed by atoms with van der Waals surface area (Å²) in [4.78, 5) is 0. The van der Waals surface area contributed by atoms with Gasteiger partial charge in [-0.15, -0.1) is 0 Å². The Kier molecular flexibility index (Phi) is 6.49. The van der Waals surface area contributed by atoms with Crippen LogP contribution in [0.25, 0.3) is 0 Å². The van der Waals surface area contributed by atoms with Crippen LogP contribution in [0, 0.1) is 12.8 Å². The Labute approximate surface area is 116 Å². The minimum atomic E-state index is -0.384. The van der Waals surface area contributed by atoms with Crippen molar-refractivity contribution in [3.8, 4) is 0 Å². The summed E-state index contributed by atoms with van der Waals surface area (Å²) >= 11 is 0. The molecule has 3 heteroatoms. The molecule has 19 heavy (non-hydrogen) atoms. The lowest BCUT2D eigenvalue weighted by atomic mass is 9.78. The van der Waals surface area contributed by atoms with Crippen LogP contribution in [0.5, 0.6) is 0 Å². The highest BCUT2D eigenvalue weighted by molar-refractivity contribution is 5.29. The van der Waals surface area contributed by atoms with Gasteiger partial charge in [0, 0.05) is 25.2 Å². The molecule has 0 aromatic heterocycles. The molecule has 0 aliphatic heterocycles. The van der Waals surface area contributed by atoms with Crippen molar-refractivity contribution in [1.82, 2.24) is 0 Å². The van der Waals surface area contributed by atoms with Gasteiger partial charge in [-0.25, -0.2) is 0 Å². The number of nitrogens with two attached hydrogens (primary N) is 1. The van der Waals surface area contributed by atoms with Gasteiger partial charge in [0.2, 0.25) is 0 Å². The van der Waals surface area contributed by atoms with E-state index in [1.54, 1.807) is 0 Å². The standard InChI is InChI=1S/C16H27NO2/c1-13(2)10-19-9-8-16(11-17,12-18)15-6-4-14(3)5-7-15/h4-7,13,18H,8-12,17H2,1-3H3. The molecule has 0 saturated heterocycles. The van der Waals surface area contributed by atoms with E-state index in [0.29, 0.717) is 19.1 Å². The van der Waals surface area contributed by atoms with Crippen LogP contribution in [0.4, 0.5) is 0 Å². The molecule has 108 valence electrons. The third kappa shape index (κ3) is 4.60. The predicted octanol–water partition coefficient (Wildman–Crippen LogP) is 2.25. The average Bonchev–Trinajstić information content (AvgIpc) is 2.41. The zero-order valence-electron chi connectivity index (χ0n) is 12.4. The molecule has 0 fully saturated rings. The Bertz CT molecular complexity index is 356. The summed E-state index contributed by atoms with van der Waals surface area (Å²) in [5.41, 5.74) is 7.84. The van der Waals surface area contributed by atoms with E-state index in [4.69, 9.17) is 10.5 Å². The molecule has 0 aliphatic rings. The molecule has 0 heterocycles. The van der Waals surface area contributed by atoms with E-state index in [-0.39, 0.29) is 12.0 Å². The molecule has 1 rings (SSSR count). The Morgan fingerprint density at radius 1 is 1.26 bits per heavy atom. The van der Waals surface area contributed by atoms with Crippen molar-refractivity contribution < 1.29 is 9.84 Å². The van der Waals surface area contributed by atoms with E-state index in [2.05, 4.69) is 45.0 Å². The highest BCUT2D eigenvalue weighted by Gasteiger charge is 2.29. The van der Waals surface area contributed by atoms with E-state index in [0.717, 1.165) is 18.6 Å². The maximum atomic E-state index is 9.77. The van der Waals surface area contributed by atoms with Gasteiger partial charge >= 0.3 is 0 Å². The molecule has 0 radical (unpaired) electrons. The first-order valence-corrected chi connectivity index (χ1v) is 7.00. The minimum absolute atomic E-state index is 0.0532. The summed E-state index contributed by atoms with van der Waals surface area (Å²) in [7, 11) is 0. The zero-order valence-corrected chi connectivity index (χ0v) is 12.4. The molecule has 3 N–H and O–H groups in total. The number of rotatable bonds is 8. The second kappa shape index (κ2) is 7.63. The van der Waals surface area contributed by atoms with Gasteiger partial charge in [0.1, 0.15) is 0 Å². The minimum Gasteiger partial charge on any atom is -0.395 e. The zero-order chi connectivity index (χ0) is 14.3. The van der Waals surface area contributed by atoms with Crippen LogP contribution in [0.2, 0.25) is 0 Å². The van der Waals surface area contributed by atoms with Gasteiger partial charge in [0.25, 0.3) is 0 Å². The molecular weight excluding hydrogens is 238 g/mol. The van der Waals surface area contributed by atoms with Crippen LogP contribution in [0.1, 0.15) is 31.4 Å². The second-order valence-electron chi connectivity index (χ2n) is 5.73. The van der Waals surface area contributed by atoms with E-state index in [9.17, 15) is 5.11 Å². The first kappa shape index (κ1) is 16.2. The summed E-state index contributed by atoms with van der Waals surface area (Å²) in [5, 5.41) is 9.77. The first-order valence-electron chi connectivity index (χ1n) is 7.00. The quantitative estimate of drug-likeness (QED) is 0.709. The highest BCUT2D eigenvalue weighted by atomic mass is 16.5. The first-order chi connectivity index (χ1) is 9.04. The van der Waals surface area contributed by atoms with Gasteiger partial charge in [0.05, 0.1) is 6.61 Å². The molecule has 1 aromatic carbocycles. The number of ether oxygens (including phenoxy) is 1. The smallest absolute Gasteiger partial charge is 0.0541 e. The SMILES string of the molecule is Cc1ccc(C(CN)(CO)CCOCC(C)C)cc1. The molecule has 1 unspecified atom stereocenters. The van der Waals surface area contributed by atoms with Gasteiger partial charge in [-0.1, -0.05) is 43.7 Å². The van der Waals surface area contributed by atoms with E-state index in [1.807, 2.05) is 0 Å². The van der Waals surface area contributed by atoms with Gasteiger partial charge < -0.3 is 15.6 Å². The second-order valence-corrected chi connectivity index (χ2v) is 5.73. The van der Waals surface area contributed by atoms with Crippen LogP contribution in [0.15, 0.2) is 24.3 Å². The third-order valence-corrected chi connectivity index (χ3v) is 3.53. The lowest BCUT2D eigenvalue weighted by Crippen LogP contribution is -2.40. The summed E-state index contributed by atoms with van der Waals surface area (Å²) in [6.07, 6.45) is 0.746. The van der Waals surface area contributed by atoms with Crippen LogP contribution < -0.4 is 5.73 Å². The topological polar surface area (TPSA) is 55.5 Å². The normalized spacial score (nSPS) is 14.6. The average molecular weight is 265 g/mol. The summed E-state index contributed by atoms with van der Waals surface area (Å²) in [6, 6.07) is 8.23. The van der Waals surface area contributed by atoms with Gasteiger partial charge in [-0.2, -0.15) is 0 Å². The van der Waals surface area contributed by atoms with Crippen molar-refractivity contribution >= 4 is 0 Å². The number of aliphatic hydroxyl groups excluding tert-OH is 1. The number of benzene rings is 1. The summed E-state index contributed by atoms with van der Waals surface area (Å²) in [5.74, 6) is 0.528. The number of aliphatic hydroxyl groups is 1. The largest absolute Gasteiger partial charge is 0.395 e. The lowest BCUT2D eigenvalue weighted by molar-refractivity contribution is 0.0790. The van der Waals surface area contributed by atoms with Gasteiger partial charge in [-0.3, -0.25) is 0 Å². The molecule has 1 aromatic rings. The molecule has 1 atom stereocenters. The van der Waals surface area contributed by atoms with Gasteiger partial charge in [-0.05, 0) is 24.8 Å². The van der Waals surface area contributed by atoms with Crippen molar-refractivity contribution in [2.45, 2.75) is 32.6 Å². The van der Waals surface area contributed by atoms with Crippen molar-refractivity contribution in [2.75, 3.05) is 26.4 Å². The van der Waals surface area contributed by atoms with E-state index < -0.39 is 0 Å². The predicted molar refractivity (Wildman–Crippen MR) is 79.3 cm³/mol. The summed E-state index contributed by atoms with van der Waals surface area (Å²) in [6.45, 7) is 8.17.